The second-order valence-electron chi connectivity index (χ2n) is 3.01. The Labute approximate surface area is 51.1 Å². The number of hydrogen-bond acceptors (Lipinski definition) is 2. The molecule has 50 valence electrons. The smallest absolute Gasteiger partial charge is 0.0958 e. The van der Waals surface area contributed by atoms with E-state index in [1.807, 2.05) is 11.9 Å². The van der Waals surface area contributed by atoms with Crippen molar-refractivity contribution in [2.45, 2.75) is 26.3 Å². The molecule has 0 fully saturated rings. The van der Waals surface area contributed by atoms with Gasteiger partial charge in [0.1, 0.15) is 0 Å². The first kappa shape index (κ1) is 7.92. The molecule has 0 unspecified atom stereocenters. The second kappa shape index (κ2) is 2.46. The molecule has 8 heavy (non-hydrogen) atoms. The lowest BCUT2D eigenvalue weighted by Crippen LogP contribution is -2.38. The Morgan fingerprint density at radius 1 is 1.38 bits per heavy atom. The van der Waals surface area contributed by atoms with Crippen molar-refractivity contribution in [3.63, 3.8) is 0 Å². The average molecular weight is 117 g/mol. The third-order valence-electron chi connectivity index (χ3n) is 1.36. The lowest BCUT2D eigenvalue weighted by molar-refractivity contribution is 0.0587. The van der Waals surface area contributed by atoms with Gasteiger partial charge in [-0.15, -0.1) is 0 Å². The molecular formula is C6H15NO. The summed E-state index contributed by atoms with van der Waals surface area (Å²) >= 11 is 0. The molecule has 2 nitrogen and oxygen atoms in total. The van der Waals surface area contributed by atoms with Gasteiger partial charge in [0.2, 0.25) is 0 Å². The van der Waals surface area contributed by atoms with Crippen molar-refractivity contribution in [3.05, 3.63) is 0 Å². The van der Waals surface area contributed by atoms with Gasteiger partial charge < -0.3 is 5.11 Å². The zero-order valence-electron chi connectivity index (χ0n) is 6.10. The third-order valence-corrected chi connectivity index (χ3v) is 1.36. The molecule has 0 aliphatic heterocycles. The highest BCUT2D eigenvalue weighted by molar-refractivity contribution is 4.69. The van der Waals surface area contributed by atoms with Crippen LogP contribution in [0.15, 0.2) is 0 Å². The van der Waals surface area contributed by atoms with Crippen molar-refractivity contribution >= 4 is 0 Å². The highest BCUT2D eigenvalue weighted by Gasteiger charge is 2.14. The fraction of sp³-hybridized carbons (Fsp3) is 1.00. The minimum Gasteiger partial charge on any atom is -0.381 e. The van der Waals surface area contributed by atoms with Gasteiger partial charge in [-0.05, 0) is 27.8 Å². The van der Waals surface area contributed by atoms with Crippen molar-refractivity contribution in [1.82, 2.24) is 4.90 Å². The van der Waals surface area contributed by atoms with E-state index in [0.717, 1.165) is 0 Å². The van der Waals surface area contributed by atoms with Crippen molar-refractivity contribution < 1.29 is 5.11 Å². The molecule has 0 aromatic heterocycles. The van der Waals surface area contributed by atoms with Crippen LogP contribution in [0.25, 0.3) is 0 Å². The molecule has 1 N–H and O–H groups in total. The predicted octanol–water partition coefficient (Wildman–Crippen LogP) is 0.666. The summed E-state index contributed by atoms with van der Waals surface area (Å²) in [6.07, 6.45) is 0. The molecular weight excluding hydrogens is 102 g/mol. The van der Waals surface area contributed by atoms with Gasteiger partial charge in [-0.1, -0.05) is 0 Å². The van der Waals surface area contributed by atoms with Crippen molar-refractivity contribution in [1.29, 1.82) is 0 Å². The highest BCUT2D eigenvalue weighted by Crippen LogP contribution is 2.07. The summed E-state index contributed by atoms with van der Waals surface area (Å²) in [7, 11) is 1.89. The predicted molar refractivity (Wildman–Crippen MR) is 34.6 cm³/mol. The molecule has 2 heteroatoms. The third kappa shape index (κ3) is 2.28. The highest BCUT2D eigenvalue weighted by atomic mass is 16.3. The Bertz CT molecular complexity index is 65.4. The van der Waals surface area contributed by atoms with Gasteiger partial charge in [0.05, 0.1) is 6.73 Å². The lowest BCUT2D eigenvalue weighted by Gasteiger charge is -2.29. The van der Waals surface area contributed by atoms with E-state index in [9.17, 15) is 0 Å². The van der Waals surface area contributed by atoms with Crippen LogP contribution in [-0.2, 0) is 0 Å². The molecule has 0 aliphatic rings. The van der Waals surface area contributed by atoms with Gasteiger partial charge in [0, 0.05) is 5.54 Å². The lowest BCUT2D eigenvalue weighted by atomic mass is 10.1. The molecule has 0 amide bonds. The largest absolute Gasteiger partial charge is 0.381 e. The Hall–Kier alpha value is -0.0800. The maximum absolute atomic E-state index is 8.60. The van der Waals surface area contributed by atoms with Gasteiger partial charge in [-0.3, -0.25) is 4.90 Å². The summed E-state index contributed by atoms with van der Waals surface area (Å²) < 4.78 is 0. The molecule has 0 bridgehead atoms. The summed E-state index contributed by atoms with van der Waals surface area (Å²) in [5.74, 6) is 0. The van der Waals surface area contributed by atoms with Crippen molar-refractivity contribution in [2.75, 3.05) is 13.8 Å². The second-order valence-corrected chi connectivity index (χ2v) is 3.01. The van der Waals surface area contributed by atoms with Crippen LogP contribution in [0.3, 0.4) is 0 Å². The molecule has 0 saturated heterocycles. The maximum atomic E-state index is 8.60. The van der Waals surface area contributed by atoms with E-state index in [4.69, 9.17) is 5.11 Å². The van der Waals surface area contributed by atoms with Crippen LogP contribution in [0.4, 0.5) is 0 Å². The van der Waals surface area contributed by atoms with Gasteiger partial charge in [0.25, 0.3) is 0 Å². The van der Waals surface area contributed by atoms with Crippen LogP contribution in [0.2, 0.25) is 0 Å². The van der Waals surface area contributed by atoms with Crippen LogP contribution >= 0.6 is 0 Å². The van der Waals surface area contributed by atoms with E-state index in [1.165, 1.54) is 0 Å². The minimum atomic E-state index is 0.0920. The molecule has 0 saturated carbocycles. The first-order valence-corrected chi connectivity index (χ1v) is 2.80. The van der Waals surface area contributed by atoms with Crippen LogP contribution in [0.1, 0.15) is 20.8 Å². The fourth-order valence-corrected chi connectivity index (χ4v) is 0.212. The molecule has 0 radical (unpaired) electrons. The maximum Gasteiger partial charge on any atom is 0.0958 e. The summed E-state index contributed by atoms with van der Waals surface area (Å²) in [5.41, 5.74) is 0.0920. The number of aliphatic hydroxyl groups excluding tert-OH is 1. The van der Waals surface area contributed by atoms with Crippen LogP contribution in [-0.4, -0.2) is 29.3 Å². The molecule has 0 aliphatic carbocycles. The van der Waals surface area contributed by atoms with E-state index in [0.29, 0.717) is 0 Å². The summed E-state index contributed by atoms with van der Waals surface area (Å²) in [6, 6.07) is 0. The number of rotatable bonds is 1. The summed E-state index contributed by atoms with van der Waals surface area (Å²) in [4.78, 5) is 1.87. The first-order valence-electron chi connectivity index (χ1n) is 2.80. The quantitative estimate of drug-likeness (QED) is 0.510. The zero-order valence-corrected chi connectivity index (χ0v) is 6.10. The minimum absolute atomic E-state index is 0.0920. The molecule has 0 atom stereocenters. The van der Waals surface area contributed by atoms with Crippen LogP contribution in [0.5, 0.6) is 0 Å². The zero-order chi connectivity index (χ0) is 6.78. The van der Waals surface area contributed by atoms with Crippen molar-refractivity contribution in [2.24, 2.45) is 0 Å². The molecule has 0 aromatic rings. The van der Waals surface area contributed by atoms with E-state index in [2.05, 4.69) is 20.8 Å². The number of aliphatic hydroxyl groups is 1. The summed E-state index contributed by atoms with van der Waals surface area (Å²) in [5, 5.41) is 8.60. The van der Waals surface area contributed by atoms with Gasteiger partial charge in [-0.2, -0.15) is 0 Å². The standard InChI is InChI=1S/C6H15NO/c1-6(2,3)7(4)5-8/h8H,5H2,1-4H3. The Balaban J connectivity index is 3.62. The van der Waals surface area contributed by atoms with Crippen LogP contribution in [0, 0.1) is 0 Å². The Morgan fingerprint density at radius 2 is 1.75 bits per heavy atom. The van der Waals surface area contributed by atoms with E-state index in [1.54, 1.807) is 0 Å². The van der Waals surface area contributed by atoms with E-state index in [-0.39, 0.29) is 12.3 Å². The molecule has 0 rings (SSSR count). The van der Waals surface area contributed by atoms with E-state index < -0.39 is 0 Å². The summed E-state index contributed by atoms with van der Waals surface area (Å²) in [6.45, 7) is 6.30. The molecule has 0 aromatic carbocycles. The topological polar surface area (TPSA) is 23.5 Å². The fourth-order valence-electron chi connectivity index (χ4n) is 0.212. The SMILES string of the molecule is CN(CO)C(C)(C)C. The monoisotopic (exact) mass is 117 g/mol. The molecule has 0 spiro atoms. The van der Waals surface area contributed by atoms with Gasteiger partial charge >= 0.3 is 0 Å². The Kier molecular flexibility index (Phi) is 2.44. The number of nitrogens with zero attached hydrogens (tertiary/aromatic N) is 1. The average Bonchev–Trinajstić information content (AvgIpc) is 1.62. The van der Waals surface area contributed by atoms with Gasteiger partial charge in [0.15, 0.2) is 0 Å². The molecule has 0 heterocycles. The Morgan fingerprint density at radius 3 is 1.75 bits per heavy atom. The first-order chi connectivity index (χ1) is 3.48. The van der Waals surface area contributed by atoms with Crippen LogP contribution < -0.4 is 0 Å². The van der Waals surface area contributed by atoms with E-state index >= 15 is 0 Å². The normalized spacial score (nSPS) is 12.8. The van der Waals surface area contributed by atoms with Gasteiger partial charge in [-0.25, -0.2) is 0 Å². The van der Waals surface area contributed by atoms with Crippen molar-refractivity contribution in [3.8, 4) is 0 Å². The number of hydrogen-bond donors (Lipinski definition) is 1.